The van der Waals surface area contributed by atoms with E-state index in [2.05, 4.69) is 20.8 Å². The molecular weight excluding hydrogens is 210 g/mol. The molecular formula is C15H27NO. The zero-order valence-electron chi connectivity index (χ0n) is 11.5. The van der Waals surface area contributed by atoms with Crippen molar-refractivity contribution in [2.24, 2.45) is 28.4 Å². The van der Waals surface area contributed by atoms with Crippen LogP contribution in [0.25, 0.3) is 0 Å². The van der Waals surface area contributed by atoms with Gasteiger partial charge in [0.1, 0.15) is 0 Å². The van der Waals surface area contributed by atoms with Gasteiger partial charge in [-0.05, 0) is 54.8 Å². The van der Waals surface area contributed by atoms with Gasteiger partial charge in [-0.3, -0.25) is 0 Å². The fourth-order valence-electron chi connectivity index (χ4n) is 4.27. The molecule has 2 heteroatoms. The van der Waals surface area contributed by atoms with E-state index in [1.807, 2.05) is 0 Å². The first-order valence-corrected chi connectivity index (χ1v) is 7.32. The summed E-state index contributed by atoms with van der Waals surface area (Å²) in [5.74, 6) is 1.63. The van der Waals surface area contributed by atoms with Gasteiger partial charge >= 0.3 is 0 Å². The van der Waals surface area contributed by atoms with Gasteiger partial charge in [0, 0.05) is 6.04 Å². The van der Waals surface area contributed by atoms with E-state index in [0.717, 1.165) is 18.4 Å². The minimum Gasteiger partial charge on any atom is -0.376 e. The van der Waals surface area contributed by atoms with Gasteiger partial charge in [0.2, 0.25) is 0 Å². The zero-order chi connectivity index (χ0) is 12.3. The first-order valence-electron chi connectivity index (χ1n) is 7.32. The molecule has 2 bridgehead atoms. The Balaban J connectivity index is 1.62. The Labute approximate surface area is 105 Å². The molecule has 98 valence electrons. The van der Waals surface area contributed by atoms with E-state index in [4.69, 9.17) is 10.5 Å². The monoisotopic (exact) mass is 237 g/mol. The summed E-state index contributed by atoms with van der Waals surface area (Å²) in [6.07, 6.45) is 7.11. The molecule has 3 saturated carbocycles. The Bertz CT molecular complexity index is 310. The van der Waals surface area contributed by atoms with Crippen molar-refractivity contribution < 1.29 is 4.74 Å². The molecule has 0 aromatic carbocycles. The van der Waals surface area contributed by atoms with Crippen LogP contribution in [0.1, 0.15) is 52.9 Å². The molecule has 3 fully saturated rings. The smallest absolute Gasteiger partial charge is 0.0637 e. The summed E-state index contributed by atoms with van der Waals surface area (Å²) >= 11 is 0. The first kappa shape index (κ1) is 12.0. The standard InChI is InChI=1S/C15H27NO/c1-14(2)11-6-7-15(14,3)13(8-11)17-9-12(16)10-4-5-10/h10-13H,4-9,16H2,1-3H3. The number of ether oxygens (including phenoxy) is 1. The molecule has 3 rings (SSSR count). The van der Waals surface area contributed by atoms with Gasteiger partial charge < -0.3 is 10.5 Å². The predicted octanol–water partition coefficient (Wildman–Crippen LogP) is 2.96. The van der Waals surface area contributed by atoms with Crippen molar-refractivity contribution in [1.82, 2.24) is 0 Å². The number of hydrogen-bond acceptors (Lipinski definition) is 2. The molecule has 4 atom stereocenters. The van der Waals surface area contributed by atoms with Gasteiger partial charge in [-0.15, -0.1) is 0 Å². The number of fused-ring (bicyclic) bond motifs is 2. The summed E-state index contributed by atoms with van der Waals surface area (Å²) in [6.45, 7) is 8.10. The molecule has 0 amide bonds. The summed E-state index contributed by atoms with van der Waals surface area (Å²) in [7, 11) is 0. The van der Waals surface area contributed by atoms with E-state index in [1.54, 1.807) is 0 Å². The normalized spacial score (nSPS) is 45.2. The largest absolute Gasteiger partial charge is 0.376 e. The van der Waals surface area contributed by atoms with Crippen molar-refractivity contribution in [2.75, 3.05) is 6.61 Å². The van der Waals surface area contributed by atoms with Crippen LogP contribution in [0.3, 0.4) is 0 Å². The molecule has 3 aliphatic rings. The van der Waals surface area contributed by atoms with Gasteiger partial charge in [0.25, 0.3) is 0 Å². The first-order chi connectivity index (χ1) is 7.95. The highest BCUT2D eigenvalue weighted by atomic mass is 16.5. The third-order valence-corrected chi connectivity index (χ3v) is 6.43. The Morgan fingerprint density at radius 1 is 1.24 bits per heavy atom. The highest BCUT2D eigenvalue weighted by Crippen LogP contribution is 2.66. The van der Waals surface area contributed by atoms with Crippen molar-refractivity contribution in [3.8, 4) is 0 Å². The molecule has 2 N–H and O–H groups in total. The third-order valence-electron chi connectivity index (χ3n) is 6.43. The number of rotatable bonds is 4. The molecule has 4 unspecified atom stereocenters. The second-order valence-electron chi connectivity index (χ2n) is 7.43. The van der Waals surface area contributed by atoms with Gasteiger partial charge in [-0.2, -0.15) is 0 Å². The highest BCUT2D eigenvalue weighted by molar-refractivity contribution is 5.11. The minimum atomic E-state index is 0.292. The van der Waals surface area contributed by atoms with Crippen molar-refractivity contribution >= 4 is 0 Å². The molecule has 0 saturated heterocycles. The van der Waals surface area contributed by atoms with Crippen LogP contribution in [0.15, 0.2) is 0 Å². The quantitative estimate of drug-likeness (QED) is 0.816. The van der Waals surface area contributed by atoms with E-state index in [0.29, 0.717) is 23.0 Å². The van der Waals surface area contributed by atoms with E-state index in [9.17, 15) is 0 Å². The molecule has 0 radical (unpaired) electrons. The van der Waals surface area contributed by atoms with Gasteiger partial charge in [0.15, 0.2) is 0 Å². The molecule has 0 aliphatic heterocycles. The molecule has 17 heavy (non-hydrogen) atoms. The van der Waals surface area contributed by atoms with Crippen LogP contribution >= 0.6 is 0 Å². The summed E-state index contributed by atoms with van der Waals surface area (Å²) in [4.78, 5) is 0. The lowest BCUT2D eigenvalue weighted by Crippen LogP contribution is -2.40. The van der Waals surface area contributed by atoms with Crippen molar-refractivity contribution in [2.45, 2.75) is 65.0 Å². The van der Waals surface area contributed by atoms with Crippen LogP contribution < -0.4 is 5.73 Å². The number of hydrogen-bond donors (Lipinski definition) is 1. The maximum atomic E-state index is 6.21. The summed E-state index contributed by atoms with van der Waals surface area (Å²) in [6, 6.07) is 0.292. The average Bonchev–Trinajstić information content (AvgIpc) is 3.05. The summed E-state index contributed by atoms with van der Waals surface area (Å²) < 4.78 is 6.21. The number of nitrogens with two attached hydrogens (primary N) is 1. The van der Waals surface area contributed by atoms with Gasteiger partial charge in [-0.25, -0.2) is 0 Å². The second-order valence-corrected chi connectivity index (χ2v) is 7.43. The fraction of sp³-hybridized carbons (Fsp3) is 1.00. The van der Waals surface area contributed by atoms with Crippen LogP contribution in [-0.4, -0.2) is 18.8 Å². The molecule has 0 aromatic rings. The average molecular weight is 237 g/mol. The molecule has 2 nitrogen and oxygen atoms in total. The topological polar surface area (TPSA) is 35.2 Å². The van der Waals surface area contributed by atoms with Crippen LogP contribution in [0, 0.1) is 22.7 Å². The Kier molecular flexibility index (Phi) is 2.61. The Morgan fingerprint density at radius 2 is 1.94 bits per heavy atom. The zero-order valence-corrected chi connectivity index (χ0v) is 11.5. The SMILES string of the molecule is CC1(C)C2CCC1(C)C(OCC(N)C1CC1)C2. The summed E-state index contributed by atoms with van der Waals surface area (Å²) in [5.41, 5.74) is 6.99. The lowest BCUT2D eigenvalue weighted by Gasteiger charge is -2.39. The molecule has 0 aromatic heterocycles. The second kappa shape index (κ2) is 3.71. The van der Waals surface area contributed by atoms with E-state index in [-0.39, 0.29) is 0 Å². The minimum absolute atomic E-state index is 0.292. The lowest BCUT2D eigenvalue weighted by atomic mass is 9.70. The van der Waals surface area contributed by atoms with Crippen LogP contribution in [-0.2, 0) is 4.74 Å². The van der Waals surface area contributed by atoms with Crippen LogP contribution in [0.5, 0.6) is 0 Å². The van der Waals surface area contributed by atoms with Crippen molar-refractivity contribution in [1.29, 1.82) is 0 Å². The highest BCUT2D eigenvalue weighted by Gasteiger charge is 2.61. The van der Waals surface area contributed by atoms with E-state index >= 15 is 0 Å². The van der Waals surface area contributed by atoms with Crippen molar-refractivity contribution in [3.05, 3.63) is 0 Å². The molecule has 3 aliphatic carbocycles. The molecule has 0 spiro atoms. The fourth-order valence-corrected chi connectivity index (χ4v) is 4.27. The van der Waals surface area contributed by atoms with Gasteiger partial charge in [0.05, 0.1) is 12.7 Å². The third kappa shape index (κ3) is 1.67. The van der Waals surface area contributed by atoms with Crippen molar-refractivity contribution in [3.63, 3.8) is 0 Å². The van der Waals surface area contributed by atoms with Gasteiger partial charge in [-0.1, -0.05) is 20.8 Å². The van der Waals surface area contributed by atoms with E-state index in [1.165, 1.54) is 32.1 Å². The Hall–Kier alpha value is -0.0800. The van der Waals surface area contributed by atoms with Crippen LogP contribution in [0.4, 0.5) is 0 Å². The van der Waals surface area contributed by atoms with E-state index < -0.39 is 0 Å². The maximum Gasteiger partial charge on any atom is 0.0637 e. The Morgan fingerprint density at radius 3 is 2.41 bits per heavy atom. The molecule has 0 heterocycles. The lowest BCUT2D eigenvalue weighted by molar-refractivity contribution is -0.0521. The predicted molar refractivity (Wildman–Crippen MR) is 69.7 cm³/mol. The maximum absolute atomic E-state index is 6.21. The summed E-state index contributed by atoms with van der Waals surface area (Å²) in [5, 5.41) is 0. The van der Waals surface area contributed by atoms with Crippen LogP contribution in [0.2, 0.25) is 0 Å².